The van der Waals surface area contributed by atoms with Crippen molar-refractivity contribution in [3.8, 4) is 0 Å². The molecule has 0 aromatic heterocycles. The van der Waals surface area contributed by atoms with Crippen molar-refractivity contribution in [3.63, 3.8) is 0 Å². The van der Waals surface area contributed by atoms with Crippen LogP contribution in [0.3, 0.4) is 0 Å². The maximum absolute atomic E-state index is 12.3. The molecule has 1 atom stereocenters. The SMILES string of the molecule is CN=C(NCCS(=O)(=O)N1CCSCC1)NC(C)CCC(C)C. The van der Waals surface area contributed by atoms with E-state index >= 15 is 0 Å². The fourth-order valence-electron chi connectivity index (χ4n) is 2.34. The van der Waals surface area contributed by atoms with E-state index in [1.807, 2.05) is 11.8 Å². The van der Waals surface area contributed by atoms with Gasteiger partial charge in [-0.2, -0.15) is 11.8 Å². The first kappa shape index (κ1) is 20.6. The Hall–Kier alpha value is -0.470. The Morgan fingerprint density at radius 2 is 1.87 bits per heavy atom. The van der Waals surface area contributed by atoms with Gasteiger partial charge in [-0.1, -0.05) is 13.8 Å². The van der Waals surface area contributed by atoms with Crippen molar-refractivity contribution in [1.29, 1.82) is 0 Å². The van der Waals surface area contributed by atoms with Gasteiger partial charge in [0.1, 0.15) is 0 Å². The van der Waals surface area contributed by atoms with Gasteiger partial charge in [0, 0.05) is 44.2 Å². The second kappa shape index (κ2) is 10.4. The summed E-state index contributed by atoms with van der Waals surface area (Å²) in [4.78, 5) is 4.17. The smallest absolute Gasteiger partial charge is 0.215 e. The molecule has 8 heteroatoms. The van der Waals surface area contributed by atoms with Crippen molar-refractivity contribution in [2.75, 3.05) is 43.9 Å². The first-order valence-corrected chi connectivity index (χ1v) is 11.1. The molecular formula is C15H32N4O2S2. The predicted molar refractivity (Wildman–Crippen MR) is 101 cm³/mol. The Morgan fingerprint density at radius 1 is 1.22 bits per heavy atom. The second-order valence-corrected chi connectivity index (χ2v) is 9.66. The minimum Gasteiger partial charge on any atom is -0.355 e. The van der Waals surface area contributed by atoms with E-state index in [1.165, 1.54) is 0 Å². The third-order valence-corrected chi connectivity index (χ3v) is 6.61. The monoisotopic (exact) mass is 364 g/mol. The Bertz CT molecular complexity index is 460. The number of nitrogens with zero attached hydrogens (tertiary/aromatic N) is 2. The molecule has 0 spiro atoms. The quantitative estimate of drug-likeness (QED) is 0.502. The zero-order valence-corrected chi connectivity index (χ0v) is 16.5. The number of guanidine groups is 1. The summed E-state index contributed by atoms with van der Waals surface area (Å²) in [5, 5.41) is 6.43. The molecular weight excluding hydrogens is 332 g/mol. The van der Waals surface area contributed by atoms with Crippen molar-refractivity contribution in [2.24, 2.45) is 10.9 Å². The second-order valence-electron chi connectivity index (χ2n) is 6.34. The molecule has 2 N–H and O–H groups in total. The van der Waals surface area contributed by atoms with Crippen LogP contribution in [0.5, 0.6) is 0 Å². The third-order valence-electron chi connectivity index (χ3n) is 3.80. The normalized spacial score (nSPS) is 18.9. The number of rotatable bonds is 8. The molecule has 0 bridgehead atoms. The summed E-state index contributed by atoms with van der Waals surface area (Å²) < 4.78 is 26.1. The highest BCUT2D eigenvalue weighted by molar-refractivity contribution is 7.99. The van der Waals surface area contributed by atoms with Crippen molar-refractivity contribution >= 4 is 27.7 Å². The summed E-state index contributed by atoms with van der Waals surface area (Å²) in [5.41, 5.74) is 0. The standard InChI is InChI=1S/C15H32N4O2S2/c1-13(2)5-6-14(3)18-15(16-4)17-7-12-23(20,21)19-8-10-22-11-9-19/h13-14H,5-12H2,1-4H3,(H2,16,17,18). The molecule has 6 nitrogen and oxygen atoms in total. The van der Waals surface area contributed by atoms with Crippen LogP contribution in [0, 0.1) is 5.92 Å². The molecule has 0 saturated carbocycles. The number of hydrogen-bond donors (Lipinski definition) is 2. The zero-order chi connectivity index (χ0) is 17.3. The zero-order valence-electron chi connectivity index (χ0n) is 14.8. The molecule has 23 heavy (non-hydrogen) atoms. The van der Waals surface area contributed by atoms with E-state index in [0.29, 0.717) is 37.6 Å². The van der Waals surface area contributed by atoms with Gasteiger partial charge in [-0.15, -0.1) is 0 Å². The van der Waals surface area contributed by atoms with Gasteiger partial charge >= 0.3 is 0 Å². The molecule has 0 amide bonds. The number of hydrogen-bond acceptors (Lipinski definition) is 4. The van der Waals surface area contributed by atoms with Gasteiger partial charge in [-0.3, -0.25) is 4.99 Å². The highest BCUT2D eigenvalue weighted by Crippen LogP contribution is 2.13. The van der Waals surface area contributed by atoms with E-state index in [9.17, 15) is 8.42 Å². The summed E-state index contributed by atoms with van der Waals surface area (Å²) in [5.74, 6) is 3.25. The number of sulfonamides is 1. The number of nitrogens with one attached hydrogen (secondary N) is 2. The number of aliphatic imine (C=N–C) groups is 1. The van der Waals surface area contributed by atoms with Crippen molar-refractivity contribution in [1.82, 2.24) is 14.9 Å². The first-order chi connectivity index (χ1) is 10.8. The number of thioether (sulfide) groups is 1. The van der Waals surface area contributed by atoms with Gasteiger partial charge in [0.05, 0.1) is 5.75 Å². The van der Waals surface area contributed by atoms with Crippen molar-refractivity contribution in [3.05, 3.63) is 0 Å². The molecule has 1 heterocycles. The first-order valence-electron chi connectivity index (χ1n) is 8.38. The fourth-order valence-corrected chi connectivity index (χ4v) is 4.83. The highest BCUT2D eigenvalue weighted by atomic mass is 32.2. The third kappa shape index (κ3) is 8.26. The summed E-state index contributed by atoms with van der Waals surface area (Å²) in [6, 6.07) is 0.319. The van der Waals surface area contributed by atoms with Gasteiger partial charge < -0.3 is 10.6 Å². The largest absolute Gasteiger partial charge is 0.355 e. The van der Waals surface area contributed by atoms with E-state index in [0.717, 1.165) is 24.3 Å². The van der Waals surface area contributed by atoms with Crippen LogP contribution in [0.15, 0.2) is 4.99 Å². The molecule has 136 valence electrons. The maximum Gasteiger partial charge on any atom is 0.215 e. The average molecular weight is 365 g/mol. The van der Waals surface area contributed by atoms with Crippen LogP contribution < -0.4 is 10.6 Å². The highest BCUT2D eigenvalue weighted by Gasteiger charge is 2.23. The summed E-state index contributed by atoms with van der Waals surface area (Å²) in [6.45, 7) is 8.19. The Balaban J connectivity index is 2.34. The predicted octanol–water partition coefficient (Wildman–Crippen LogP) is 1.35. The van der Waals surface area contributed by atoms with Crippen LogP contribution in [-0.2, 0) is 10.0 Å². The summed E-state index contributed by atoms with van der Waals surface area (Å²) >= 11 is 1.81. The molecule has 1 fully saturated rings. The lowest BCUT2D eigenvalue weighted by atomic mass is 10.0. The van der Waals surface area contributed by atoms with E-state index < -0.39 is 10.0 Å². The van der Waals surface area contributed by atoms with Gasteiger partial charge in [0.25, 0.3) is 0 Å². The van der Waals surface area contributed by atoms with Gasteiger partial charge in [0.2, 0.25) is 10.0 Å². The van der Waals surface area contributed by atoms with Crippen LogP contribution in [-0.4, -0.2) is 68.7 Å². The molecule has 0 radical (unpaired) electrons. The van der Waals surface area contributed by atoms with Gasteiger partial charge in [-0.25, -0.2) is 12.7 Å². The topological polar surface area (TPSA) is 73.8 Å². The minimum absolute atomic E-state index is 0.110. The molecule has 1 aliphatic heterocycles. The van der Waals surface area contributed by atoms with Crippen molar-refractivity contribution in [2.45, 2.75) is 39.7 Å². The van der Waals surface area contributed by atoms with Crippen LogP contribution in [0.2, 0.25) is 0 Å². The molecule has 0 aromatic carbocycles. The van der Waals surface area contributed by atoms with Crippen LogP contribution in [0.25, 0.3) is 0 Å². The van der Waals surface area contributed by atoms with Crippen LogP contribution >= 0.6 is 11.8 Å². The Morgan fingerprint density at radius 3 is 2.43 bits per heavy atom. The fraction of sp³-hybridized carbons (Fsp3) is 0.933. The van der Waals surface area contributed by atoms with Crippen LogP contribution in [0.1, 0.15) is 33.6 Å². The summed E-state index contributed by atoms with van der Waals surface area (Å²) in [7, 11) is -1.45. The molecule has 1 saturated heterocycles. The van der Waals surface area contributed by atoms with Crippen LogP contribution in [0.4, 0.5) is 0 Å². The van der Waals surface area contributed by atoms with Gasteiger partial charge in [0.15, 0.2) is 5.96 Å². The van der Waals surface area contributed by atoms with Gasteiger partial charge in [-0.05, 0) is 25.7 Å². The molecule has 0 aromatic rings. The minimum atomic E-state index is -3.16. The maximum atomic E-state index is 12.3. The molecule has 0 aliphatic carbocycles. The van der Waals surface area contributed by atoms with Crippen molar-refractivity contribution < 1.29 is 8.42 Å². The van der Waals surface area contributed by atoms with E-state index in [1.54, 1.807) is 11.4 Å². The lowest BCUT2D eigenvalue weighted by molar-refractivity contribution is 0.443. The molecule has 1 aliphatic rings. The van der Waals surface area contributed by atoms with E-state index in [2.05, 4.69) is 36.4 Å². The Kier molecular flexibility index (Phi) is 9.31. The Labute approximate surface area is 145 Å². The molecule has 1 rings (SSSR count). The summed E-state index contributed by atoms with van der Waals surface area (Å²) in [6.07, 6.45) is 2.23. The average Bonchev–Trinajstić information content (AvgIpc) is 2.52. The lowest BCUT2D eigenvalue weighted by Crippen LogP contribution is -2.46. The van der Waals surface area contributed by atoms with E-state index in [-0.39, 0.29) is 5.75 Å². The van der Waals surface area contributed by atoms with E-state index in [4.69, 9.17) is 0 Å². The lowest BCUT2D eigenvalue weighted by Gasteiger charge is -2.26. The molecule has 1 unspecified atom stereocenters.